The number of carbonyl (C=O) groups excluding carboxylic acids is 1. The first-order chi connectivity index (χ1) is 10.5. The SMILES string of the molecule is Cc1noc(C)c1CC(=O)N1C[C@H](C(=O)O)c2ccccc21. The third-order valence-electron chi connectivity index (χ3n) is 4.08. The smallest absolute Gasteiger partial charge is 0.312 e. The maximum absolute atomic E-state index is 12.6. The van der Waals surface area contributed by atoms with E-state index in [0.717, 1.165) is 5.56 Å². The summed E-state index contributed by atoms with van der Waals surface area (Å²) in [7, 11) is 0. The van der Waals surface area contributed by atoms with Crippen molar-refractivity contribution in [3.05, 3.63) is 46.8 Å². The van der Waals surface area contributed by atoms with E-state index in [-0.39, 0.29) is 18.9 Å². The number of anilines is 1. The lowest BCUT2D eigenvalue weighted by Gasteiger charge is -2.17. The van der Waals surface area contributed by atoms with Crippen molar-refractivity contribution in [3.8, 4) is 0 Å². The number of benzene rings is 1. The van der Waals surface area contributed by atoms with E-state index >= 15 is 0 Å². The van der Waals surface area contributed by atoms with Crippen molar-refractivity contribution in [2.24, 2.45) is 0 Å². The number of carboxylic acids is 1. The number of aromatic nitrogens is 1. The molecule has 6 heteroatoms. The molecule has 0 fully saturated rings. The molecule has 0 saturated heterocycles. The Balaban J connectivity index is 1.90. The molecule has 2 heterocycles. The fraction of sp³-hybridized carbons (Fsp3) is 0.312. The number of para-hydroxylation sites is 1. The van der Waals surface area contributed by atoms with Crippen LogP contribution in [0.4, 0.5) is 5.69 Å². The topological polar surface area (TPSA) is 83.6 Å². The van der Waals surface area contributed by atoms with E-state index in [0.29, 0.717) is 22.7 Å². The van der Waals surface area contributed by atoms with Crippen LogP contribution in [0.25, 0.3) is 0 Å². The maximum atomic E-state index is 12.6. The summed E-state index contributed by atoms with van der Waals surface area (Å²) < 4.78 is 5.07. The second-order valence-electron chi connectivity index (χ2n) is 5.43. The number of fused-ring (bicyclic) bond motifs is 1. The number of amides is 1. The Kier molecular flexibility index (Phi) is 3.44. The number of aryl methyl sites for hydroxylation is 2. The van der Waals surface area contributed by atoms with Gasteiger partial charge in [-0.2, -0.15) is 0 Å². The molecule has 6 nitrogen and oxygen atoms in total. The predicted molar refractivity (Wildman–Crippen MR) is 78.9 cm³/mol. The molecular formula is C16H16N2O4. The number of carbonyl (C=O) groups is 2. The van der Waals surface area contributed by atoms with Crippen LogP contribution in [0.15, 0.2) is 28.8 Å². The van der Waals surface area contributed by atoms with Crippen LogP contribution in [0.2, 0.25) is 0 Å². The minimum Gasteiger partial charge on any atom is -0.481 e. The number of aliphatic carboxylic acids is 1. The van der Waals surface area contributed by atoms with E-state index < -0.39 is 11.9 Å². The number of hydrogen-bond donors (Lipinski definition) is 1. The Morgan fingerprint density at radius 1 is 1.36 bits per heavy atom. The molecule has 0 aliphatic carbocycles. The molecule has 0 bridgehead atoms. The standard InChI is InChI=1S/C16H16N2O4/c1-9-12(10(2)22-17-9)7-15(19)18-8-13(16(20)21)11-5-3-4-6-14(11)18/h3-6,13H,7-8H2,1-2H3,(H,20,21)/t13-/m0/s1. The Labute approximate surface area is 127 Å². The number of nitrogens with zero attached hydrogens (tertiary/aromatic N) is 2. The summed E-state index contributed by atoms with van der Waals surface area (Å²) in [5, 5.41) is 13.2. The average molecular weight is 300 g/mol. The van der Waals surface area contributed by atoms with Crippen molar-refractivity contribution >= 4 is 17.6 Å². The van der Waals surface area contributed by atoms with Gasteiger partial charge in [0.25, 0.3) is 0 Å². The molecule has 0 spiro atoms. The zero-order valence-electron chi connectivity index (χ0n) is 12.4. The highest BCUT2D eigenvalue weighted by atomic mass is 16.5. The summed E-state index contributed by atoms with van der Waals surface area (Å²) in [5.74, 6) is -1.12. The quantitative estimate of drug-likeness (QED) is 0.938. The molecular weight excluding hydrogens is 284 g/mol. The van der Waals surface area contributed by atoms with Crippen molar-refractivity contribution in [3.63, 3.8) is 0 Å². The number of rotatable bonds is 3. The summed E-state index contributed by atoms with van der Waals surface area (Å²) in [6, 6.07) is 7.14. The molecule has 0 saturated carbocycles. The molecule has 1 aliphatic heterocycles. The van der Waals surface area contributed by atoms with Gasteiger partial charge in [-0.1, -0.05) is 23.4 Å². The van der Waals surface area contributed by atoms with E-state index in [1.54, 1.807) is 43.0 Å². The van der Waals surface area contributed by atoms with Crippen LogP contribution in [-0.2, 0) is 16.0 Å². The van der Waals surface area contributed by atoms with Crippen molar-refractivity contribution in [2.75, 3.05) is 11.4 Å². The maximum Gasteiger partial charge on any atom is 0.312 e. The average Bonchev–Trinajstić information content (AvgIpc) is 3.02. The molecule has 1 atom stereocenters. The molecule has 2 aromatic rings. The van der Waals surface area contributed by atoms with Gasteiger partial charge in [0.05, 0.1) is 12.1 Å². The molecule has 114 valence electrons. The van der Waals surface area contributed by atoms with Crippen LogP contribution in [0, 0.1) is 13.8 Å². The van der Waals surface area contributed by atoms with Gasteiger partial charge in [-0.25, -0.2) is 0 Å². The Hall–Kier alpha value is -2.63. The zero-order chi connectivity index (χ0) is 15.9. The highest BCUT2D eigenvalue weighted by Gasteiger charge is 2.36. The predicted octanol–water partition coefficient (Wildman–Crippen LogP) is 2.05. The van der Waals surface area contributed by atoms with Crippen molar-refractivity contribution in [1.82, 2.24) is 5.16 Å². The first-order valence-electron chi connectivity index (χ1n) is 7.03. The van der Waals surface area contributed by atoms with Crippen LogP contribution in [-0.4, -0.2) is 28.7 Å². The summed E-state index contributed by atoms with van der Waals surface area (Å²) in [4.78, 5) is 25.5. The van der Waals surface area contributed by atoms with Gasteiger partial charge in [0, 0.05) is 17.8 Å². The molecule has 1 aromatic carbocycles. The van der Waals surface area contributed by atoms with Gasteiger partial charge in [-0.05, 0) is 25.5 Å². The third kappa shape index (κ3) is 2.26. The van der Waals surface area contributed by atoms with Gasteiger partial charge in [0.1, 0.15) is 11.7 Å². The van der Waals surface area contributed by atoms with Gasteiger partial charge in [-0.15, -0.1) is 0 Å². The lowest BCUT2D eigenvalue weighted by molar-refractivity contribution is -0.138. The monoisotopic (exact) mass is 300 g/mol. The van der Waals surface area contributed by atoms with E-state index in [4.69, 9.17) is 4.52 Å². The van der Waals surface area contributed by atoms with Gasteiger partial charge in [0.15, 0.2) is 0 Å². The summed E-state index contributed by atoms with van der Waals surface area (Å²) >= 11 is 0. The highest BCUT2D eigenvalue weighted by Crippen LogP contribution is 2.36. The largest absolute Gasteiger partial charge is 0.481 e. The van der Waals surface area contributed by atoms with Gasteiger partial charge < -0.3 is 14.5 Å². The van der Waals surface area contributed by atoms with Crippen LogP contribution in [0.1, 0.15) is 28.5 Å². The van der Waals surface area contributed by atoms with Crippen molar-refractivity contribution < 1.29 is 19.2 Å². The van der Waals surface area contributed by atoms with Crippen molar-refractivity contribution in [2.45, 2.75) is 26.2 Å². The summed E-state index contributed by atoms with van der Waals surface area (Å²) in [6.45, 7) is 3.72. The molecule has 22 heavy (non-hydrogen) atoms. The zero-order valence-corrected chi connectivity index (χ0v) is 12.4. The minimum atomic E-state index is -0.917. The second-order valence-corrected chi connectivity index (χ2v) is 5.43. The first kappa shape index (κ1) is 14.3. The Bertz CT molecular complexity index is 731. The Morgan fingerprint density at radius 3 is 2.73 bits per heavy atom. The van der Waals surface area contributed by atoms with E-state index in [9.17, 15) is 14.7 Å². The van der Waals surface area contributed by atoms with E-state index in [1.807, 2.05) is 0 Å². The first-order valence-corrected chi connectivity index (χ1v) is 7.03. The van der Waals surface area contributed by atoms with Gasteiger partial charge >= 0.3 is 5.97 Å². The van der Waals surface area contributed by atoms with Crippen LogP contribution >= 0.6 is 0 Å². The molecule has 3 rings (SSSR count). The van der Waals surface area contributed by atoms with Crippen LogP contribution in [0.3, 0.4) is 0 Å². The third-order valence-corrected chi connectivity index (χ3v) is 4.08. The molecule has 1 aromatic heterocycles. The summed E-state index contributed by atoms with van der Waals surface area (Å²) in [6.07, 6.45) is 0.155. The molecule has 1 amide bonds. The van der Waals surface area contributed by atoms with Crippen LogP contribution in [0.5, 0.6) is 0 Å². The Morgan fingerprint density at radius 2 is 2.09 bits per heavy atom. The lowest BCUT2D eigenvalue weighted by atomic mass is 10.0. The van der Waals surface area contributed by atoms with E-state index in [2.05, 4.69) is 5.16 Å². The minimum absolute atomic E-state index is 0.148. The fourth-order valence-corrected chi connectivity index (χ4v) is 2.86. The normalized spacial score (nSPS) is 16.6. The van der Waals surface area contributed by atoms with Crippen molar-refractivity contribution in [1.29, 1.82) is 0 Å². The molecule has 1 aliphatic rings. The number of carboxylic acid groups (broad SMARTS) is 1. The molecule has 0 radical (unpaired) electrons. The molecule has 1 N–H and O–H groups in total. The summed E-state index contributed by atoms with van der Waals surface area (Å²) in [5.41, 5.74) is 2.81. The van der Waals surface area contributed by atoms with Gasteiger partial charge in [0.2, 0.25) is 5.91 Å². The molecule has 0 unspecified atom stereocenters. The number of hydrogen-bond acceptors (Lipinski definition) is 4. The highest BCUT2D eigenvalue weighted by molar-refractivity contribution is 6.00. The second kappa shape index (κ2) is 5.29. The fourth-order valence-electron chi connectivity index (χ4n) is 2.86. The van der Waals surface area contributed by atoms with Gasteiger partial charge in [-0.3, -0.25) is 9.59 Å². The lowest BCUT2D eigenvalue weighted by Crippen LogP contribution is -2.32. The van der Waals surface area contributed by atoms with E-state index in [1.165, 1.54) is 0 Å². The van der Waals surface area contributed by atoms with Crippen LogP contribution < -0.4 is 4.90 Å².